The van der Waals surface area contributed by atoms with Crippen molar-refractivity contribution in [1.82, 2.24) is 0 Å². The van der Waals surface area contributed by atoms with Crippen LogP contribution in [0.5, 0.6) is 11.5 Å². The highest BCUT2D eigenvalue weighted by molar-refractivity contribution is 5.96. The Balaban J connectivity index is 1.16. The predicted octanol–water partition coefficient (Wildman–Crippen LogP) is 5.97. The molecule has 0 aromatic heterocycles. The van der Waals surface area contributed by atoms with Crippen molar-refractivity contribution >= 4 is 35.1 Å². The molecule has 56 heavy (non-hydrogen) atoms. The van der Waals surface area contributed by atoms with E-state index in [1.807, 2.05) is 36.4 Å². The average molecular weight is 761 g/mol. The van der Waals surface area contributed by atoms with Gasteiger partial charge in [-0.2, -0.15) is 0 Å². The van der Waals surface area contributed by atoms with E-state index in [-0.39, 0.29) is 36.9 Å². The Kier molecular flexibility index (Phi) is 13.9. The minimum Gasteiger partial charge on any atom is -0.482 e. The van der Waals surface area contributed by atoms with Gasteiger partial charge in [0.2, 0.25) is 0 Å². The quantitative estimate of drug-likeness (QED) is 0.0697. The fraction of sp³-hybridized carbons (Fsp3) is 0.318. The number of aryl methyl sites for hydroxylation is 2. The molecule has 12 nitrogen and oxygen atoms in total. The molecule has 2 aliphatic rings. The molecule has 2 amide bonds. The van der Waals surface area contributed by atoms with Crippen molar-refractivity contribution in [1.29, 1.82) is 0 Å². The summed E-state index contributed by atoms with van der Waals surface area (Å²) in [4.78, 5) is 50.5. The number of anilines is 2. The Morgan fingerprint density at radius 2 is 1.04 bits per heavy atom. The van der Waals surface area contributed by atoms with Gasteiger partial charge in [-0.25, -0.2) is 9.59 Å². The molecule has 0 spiro atoms. The van der Waals surface area contributed by atoms with E-state index in [9.17, 15) is 19.2 Å². The summed E-state index contributed by atoms with van der Waals surface area (Å²) in [5.41, 5.74) is 17.2. The number of ether oxygens (including phenoxy) is 4. The SMILES string of the molecule is NCC(CCc1ccccc1)CC(OC(=O)/C=C\C(=O)OC(CC(CN)CCc1ccccc1)c1ccc2c(c1)OCC(=O)N2)c1ccc2c(c1)OCC(=O)N2. The van der Waals surface area contributed by atoms with E-state index in [0.29, 0.717) is 59.9 Å². The average Bonchev–Trinajstić information content (AvgIpc) is 3.22. The van der Waals surface area contributed by atoms with Crippen molar-refractivity contribution in [3.63, 3.8) is 0 Å². The molecular formula is C44H48N4O8. The van der Waals surface area contributed by atoms with Gasteiger partial charge in [-0.3, -0.25) is 9.59 Å². The van der Waals surface area contributed by atoms with Gasteiger partial charge in [0.25, 0.3) is 11.8 Å². The van der Waals surface area contributed by atoms with Crippen LogP contribution in [0.25, 0.3) is 0 Å². The molecule has 2 aliphatic heterocycles. The minimum atomic E-state index is -0.741. The first-order chi connectivity index (χ1) is 27.3. The zero-order chi connectivity index (χ0) is 39.3. The van der Waals surface area contributed by atoms with Gasteiger partial charge in [-0.1, -0.05) is 72.8 Å². The Hall–Kier alpha value is -5.98. The lowest BCUT2D eigenvalue weighted by atomic mass is 9.91. The summed E-state index contributed by atoms with van der Waals surface area (Å²) in [6, 6.07) is 30.6. The molecule has 292 valence electrons. The summed E-state index contributed by atoms with van der Waals surface area (Å²) in [5.74, 6) is -1.04. The zero-order valence-corrected chi connectivity index (χ0v) is 31.2. The van der Waals surface area contributed by atoms with Crippen LogP contribution in [0.2, 0.25) is 0 Å². The van der Waals surface area contributed by atoms with E-state index < -0.39 is 24.1 Å². The number of esters is 2. The van der Waals surface area contributed by atoms with E-state index in [1.165, 1.54) is 11.1 Å². The maximum absolute atomic E-state index is 13.4. The van der Waals surface area contributed by atoms with Crippen LogP contribution in [0.15, 0.2) is 109 Å². The van der Waals surface area contributed by atoms with E-state index in [1.54, 1.807) is 36.4 Å². The van der Waals surface area contributed by atoms with Gasteiger partial charge < -0.3 is 41.0 Å². The van der Waals surface area contributed by atoms with Crippen molar-refractivity contribution < 1.29 is 38.1 Å². The predicted molar refractivity (Wildman–Crippen MR) is 212 cm³/mol. The second-order valence-electron chi connectivity index (χ2n) is 14.1. The number of carbonyl (C=O) groups excluding carboxylic acids is 4. The Labute approximate surface area is 326 Å². The molecule has 0 saturated carbocycles. The normalized spacial score (nSPS) is 15.5. The molecule has 6 N–H and O–H groups in total. The molecule has 4 unspecified atom stereocenters. The van der Waals surface area contributed by atoms with Crippen LogP contribution in [0.1, 0.15) is 60.1 Å². The standard InChI is InChI=1S/C44H48N4O8/c45-25-31(13-11-29-7-3-1-4-8-29)21-37(33-15-17-35-39(23-33)53-27-41(49)47-35)55-43(51)19-20-44(52)56-38(22-32(26-46)14-12-30-9-5-2-6-10-30)34-16-18-36-40(24-34)54-28-42(50)48-36/h1-10,15-20,23-24,31-32,37-38H,11-14,21-22,25-28,45-46H2,(H,47,49)(H,48,50)/b20-19-. The summed E-state index contributed by atoms with van der Waals surface area (Å²) in [6.45, 7) is 0.501. The molecule has 4 atom stereocenters. The summed E-state index contributed by atoms with van der Waals surface area (Å²) in [6.07, 6.45) is 4.66. The number of nitrogens with two attached hydrogens (primary N) is 2. The van der Waals surface area contributed by atoms with Gasteiger partial charge >= 0.3 is 11.9 Å². The number of benzene rings is 4. The Morgan fingerprint density at radius 1 is 0.625 bits per heavy atom. The van der Waals surface area contributed by atoms with Crippen LogP contribution in [-0.4, -0.2) is 50.1 Å². The highest BCUT2D eigenvalue weighted by atomic mass is 16.5. The molecule has 2 heterocycles. The highest BCUT2D eigenvalue weighted by Gasteiger charge is 2.26. The smallest absolute Gasteiger partial charge is 0.331 e. The fourth-order valence-corrected chi connectivity index (χ4v) is 6.88. The fourth-order valence-electron chi connectivity index (χ4n) is 6.88. The topological polar surface area (TPSA) is 181 Å². The van der Waals surface area contributed by atoms with Crippen LogP contribution in [0.4, 0.5) is 11.4 Å². The van der Waals surface area contributed by atoms with Crippen molar-refractivity contribution in [2.45, 2.75) is 50.7 Å². The number of amides is 2. The lowest BCUT2D eigenvalue weighted by Gasteiger charge is -2.25. The van der Waals surface area contributed by atoms with Crippen LogP contribution >= 0.6 is 0 Å². The van der Waals surface area contributed by atoms with Gasteiger partial charge in [0.05, 0.1) is 11.4 Å². The van der Waals surface area contributed by atoms with Crippen LogP contribution in [-0.2, 0) is 41.5 Å². The van der Waals surface area contributed by atoms with Crippen molar-refractivity contribution in [2.24, 2.45) is 23.3 Å². The molecule has 6 rings (SSSR count). The lowest BCUT2D eigenvalue weighted by Crippen LogP contribution is -2.26. The van der Waals surface area contributed by atoms with E-state index in [2.05, 4.69) is 34.9 Å². The molecule has 0 radical (unpaired) electrons. The first kappa shape index (κ1) is 39.7. The van der Waals surface area contributed by atoms with E-state index in [4.69, 9.17) is 30.4 Å². The third-order valence-electron chi connectivity index (χ3n) is 10.0. The Morgan fingerprint density at radius 3 is 1.43 bits per heavy atom. The number of hydrogen-bond acceptors (Lipinski definition) is 10. The number of nitrogens with one attached hydrogen (secondary N) is 2. The monoisotopic (exact) mass is 760 g/mol. The molecule has 12 heteroatoms. The van der Waals surface area contributed by atoms with E-state index >= 15 is 0 Å². The molecule has 0 bridgehead atoms. The largest absolute Gasteiger partial charge is 0.482 e. The Bertz CT molecular complexity index is 1860. The van der Waals surface area contributed by atoms with Crippen molar-refractivity contribution in [3.8, 4) is 11.5 Å². The molecule has 0 saturated heterocycles. The van der Waals surface area contributed by atoms with Crippen LogP contribution in [0.3, 0.4) is 0 Å². The second kappa shape index (κ2) is 19.6. The van der Waals surface area contributed by atoms with E-state index in [0.717, 1.165) is 37.8 Å². The molecule has 0 fully saturated rings. The number of hydrogen-bond donors (Lipinski definition) is 4. The highest BCUT2D eigenvalue weighted by Crippen LogP contribution is 2.36. The number of carbonyl (C=O) groups is 4. The first-order valence-electron chi connectivity index (χ1n) is 19.0. The van der Waals surface area contributed by atoms with Crippen LogP contribution in [0, 0.1) is 11.8 Å². The summed E-state index contributed by atoms with van der Waals surface area (Å²) in [5, 5.41) is 5.56. The third-order valence-corrected chi connectivity index (χ3v) is 10.0. The summed E-state index contributed by atoms with van der Waals surface area (Å²) < 4.78 is 23.3. The number of fused-ring (bicyclic) bond motifs is 2. The summed E-state index contributed by atoms with van der Waals surface area (Å²) in [7, 11) is 0. The zero-order valence-electron chi connectivity index (χ0n) is 31.2. The van der Waals surface area contributed by atoms with Crippen LogP contribution < -0.4 is 31.6 Å². The molecule has 4 aromatic rings. The first-order valence-corrected chi connectivity index (χ1v) is 19.0. The molecule has 4 aromatic carbocycles. The molecular weight excluding hydrogens is 713 g/mol. The van der Waals surface area contributed by atoms with Gasteiger partial charge in [-0.15, -0.1) is 0 Å². The van der Waals surface area contributed by atoms with Crippen molar-refractivity contribution in [2.75, 3.05) is 36.9 Å². The van der Waals surface area contributed by atoms with Gasteiger partial charge in [0.15, 0.2) is 13.2 Å². The maximum atomic E-state index is 13.4. The third kappa shape index (κ3) is 11.3. The van der Waals surface area contributed by atoms with Crippen molar-refractivity contribution in [3.05, 3.63) is 131 Å². The molecule has 0 aliphatic carbocycles. The maximum Gasteiger partial charge on any atom is 0.331 e. The summed E-state index contributed by atoms with van der Waals surface area (Å²) >= 11 is 0. The minimum absolute atomic E-state index is 0.00524. The second-order valence-corrected chi connectivity index (χ2v) is 14.1. The van der Waals surface area contributed by atoms with Gasteiger partial charge in [0, 0.05) is 12.2 Å². The van der Waals surface area contributed by atoms with Gasteiger partial charge in [0.1, 0.15) is 23.7 Å². The van der Waals surface area contributed by atoms with Gasteiger partial charge in [-0.05, 0) is 110 Å². The lowest BCUT2D eigenvalue weighted by molar-refractivity contribution is -0.147. The number of rotatable bonds is 18.